The number of allylic oxidation sites excluding steroid dienone is 9. The zero-order valence-electron chi connectivity index (χ0n) is 52.1. The van der Waals surface area contributed by atoms with Crippen LogP contribution >= 0.6 is 7.82 Å². The molecule has 0 aliphatic carbocycles. The Morgan fingerprint density at radius 3 is 1.26 bits per heavy atom. The Morgan fingerprint density at radius 1 is 0.462 bits per heavy atom. The first-order chi connectivity index (χ1) is 37.9. The number of quaternary nitrogens is 1. The molecule has 3 unspecified atom stereocenters. The van der Waals surface area contributed by atoms with Crippen LogP contribution < -0.4 is 10.2 Å². The lowest BCUT2D eigenvalue weighted by atomic mass is 10.0. The van der Waals surface area contributed by atoms with Gasteiger partial charge < -0.3 is 28.5 Å². The summed E-state index contributed by atoms with van der Waals surface area (Å²) in [5.74, 6) is -0.546. The molecule has 0 aliphatic heterocycles. The first-order valence-corrected chi connectivity index (χ1v) is 34.6. The Morgan fingerprint density at radius 2 is 0.833 bits per heavy atom. The Kier molecular flexibility index (Phi) is 56.2. The maximum Gasteiger partial charge on any atom is 0.306 e. The van der Waals surface area contributed by atoms with E-state index < -0.39 is 26.6 Å². The molecule has 1 N–H and O–H groups in total. The number of hydrogen-bond donors (Lipinski definition) is 1. The van der Waals surface area contributed by atoms with Gasteiger partial charge >= 0.3 is 5.97 Å². The van der Waals surface area contributed by atoms with Gasteiger partial charge in [-0.05, 0) is 76.7 Å². The lowest BCUT2D eigenvalue weighted by Gasteiger charge is -2.30. The number of nitrogens with one attached hydrogen (secondary N) is 1. The molecule has 0 aromatic rings. The van der Waals surface area contributed by atoms with Crippen LogP contribution in [0.15, 0.2) is 60.8 Å². The van der Waals surface area contributed by atoms with Gasteiger partial charge in [0.1, 0.15) is 19.3 Å². The number of rotatable bonds is 60. The molecule has 0 aliphatic rings. The van der Waals surface area contributed by atoms with Gasteiger partial charge in [0.15, 0.2) is 0 Å². The van der Waals surface area contributed by atoms with Crippen molar-refractivity contribution in [2.75, 3.05) is 40.9 Å². The predicted molar refractivity (Wildman–Crippen MR) is 335 cm³/mol. The van der Waals surface area contributed by atoms with E-state index in [1.165, 1.54) is 199 Å². The van der Waals surface area contributed by atoms with Crippen LogP contribution in [0.2, 0.25) is 0 Å². The molecule has 0 heterocycles. The summed E-state index contributed by atoms with van der Waals surface area (Å²) in [7, 11) is 1.18. The van der Waals surface area contributed by atoms with Gasteiger partial charge in [-0.15, -0.1) is 0 Å². The number of likely N-dealkylation sites (N-methyl/N-ethyl adjacent to an activating group) is 1. The molecule has 0 spiro atoms. The molecule has 0 bridgehead atoms. The van der Waals surface area contributed by atoms with Crippen LogP contribution in [0.25, 0.3) is 0 Å². The van der Waals surface area contributed by atoms with E-state index in [2.05, 4.69) is 74.7 Å². The molecule has 10 heteroatoms. The summed E-state index contributed by atoms with van der Waals surface area (Å²) in [5, 5.41) is 3.03. The zero-order valence-corrected chi connectivity index (χ0v) is 53.0. The van der Waals surface area contributed by atoms with E-state index in [4.69, 9.17) is 13.8 Å². The fourth-order valence-corrected chi connectivity index (χ4v) is 10.4. The molecule has 0 aromatic carbocycles. The Hall–Kier alpha value is -2.29. The average molecular weight is 1120 g/mol. The minimum atomic E-state index is -4.70. The van der Waals surface area contributed by atoms with Gasteiger partial charge in [0.25, 0.3) is 7.82 Å². The highest BCUT2D eigenvalue weighted by Gasteiger charge is 2.27. The second kappa shape index (κ2) is 57.9. The molecule has 1 amide bonds. The van der Waals surface area contributed by atoms with E-state index >= 15 is 0 Å². The zero-order chi connectivity index (χ0) is 57.2. The average Bonchev–Trinajstić information content (AvgIpc) is 3.40. The van der Waals surface area contributed by atoms with Crippen LogP contribution in [0.1, 0.15) is 310 Å². The molecule has 3 atom stereocenters. The van der Waals surface area contributed by atoms with Crippen molar-refractivity contribution in [1.82, 2.24) is 5.32 Å². The highest BCUT2D eigenvalue weighted by molar-refractivity contribution is 7.45. The summed E-state index contributed by atoms with van der Waals surface area (Å²) in [6.45, 7) is 6.73. The van der Waals surface area contributed by atoms with Gasteiger partial charge in [0.2, 0.25) is 5.91 Å². The van der Waals surface area contributed by atoms with E-state index in [1.807, 2.05) is 33.3 Å². The number of nitrogens with zero attached hydrogens (tertiary/aromatic N) is 1. The summed E-state index contributed by atoms with van der Waals surface area (Å²) >= 11 is 0. The largest absolute Gasteiger partial charge is 0.756 e. The normalized spacial score (nSPS) is 14.0. The lowest BCUT2D eigenvalue weighted by molar-refractivity contribution is -0.870. The summed E-state index contributed by atoms with van der Waals surface area (Å²) in [5.41, 5.74) is 0. The molecule has 456 valence electrons. The van der Waals surface area contributed by atoms with E-state index in [9.17, 15) is 19.0 Å². The number of esters is 1. The van der Waals surface area contributed by atoms with Gasteiger partial charge in [0, 0.05) is 12.8 Å². The number of unbranched alkanes of at least 4 members (excludes halogenated alkanes) is 38. The van der Waals surface area contributed by atoms with Gasteiger partial charge in [0.05, 0.1) is 33.8 Å². The van der Waals surface area contributed by atoms with Gasteiger partial charge in [-0.2, -0.15) is 0 Å². The van der Waals surface area contributed by atoms with Crippen molar-refractivity contribution in [2.45, 2.75) is 322 Å². The summed E-state index contributed by atoms with van der Waals surface area (Å²) in [6.07, 6.45) is 73.4. The SMILES string of the molecule is CC/C=C/C=C/C=C/CCCCCCCCCC(=O)OC(/C=C\CCCCCCCCCCCC)C(COP(=O)([O-])OCC[N+](C)(C)C)NC(=O)CCCCCCCCCCCCCCCCC/C=C/CCCCCCCC. The lowest BCUT2D eigenvalue weighted by Crippen LogP contribution is -2.47. The van der Waals surface area contributed by atoms with Crippen molar-refractivity contribution in [3.05, 3.63) is 60.8 Å². The highest BCUT2D eigenvalue weighted by Crippen LogP contribution is 2.38. The van der Waals surface area contributed by atoms with Crippen molar-refractivity contribution in [2.24, 2.45) is 0 Å². The number of carbonyl (C=O) groups is 2. The second-order valence-electron chi connectivity index (χ2n) is 23.7. The quantitative estimate of drug-likeness (QED) is 0.0161. The number of amides is 1. The Balaban J connectivity index is 5.07. The van der Waals surface area contributed by atoms with Crippen molar-refractivity contribution in [1.29, 1.82) is 0 Å². The molecular formula is C68H127N2O7P. The van der Waals surface area contributed by atoms with E-state index in [1.54, 1.807) is 0 Å². The molecular weight excluding hydrogens is 988 g/mol. The molecule has 0 saturated carbocycles. The fourth-order valence-electron chi connectivity index (χ4n) is 9.64. The maximum atomic E-state index is 13.6. The molecule has 0 rings (SSSR count). The van der Waals surface area contributed by atoms with Gasteiger partial charge in [-0.1, -0.05) is 281 Å². The van der Waals surface area contributed by atoms with E-state index in [0.29, 0.717) is 17.4 Å². The van der Waals surface area contributed by atoms with Crippen LogP contribution in [-0.4, -0.2) is 69.4 Å². The molecule has 0 aromatic heterocycles. The van der Waals surface area contributed by atoms with Gasteiger partial charge in [-0.3, -0.25) is 14.2 Å². The van der Waals surface area contributed by atoms with Crippen LogP contribution in [-0.2, 0) is 27.9 Å². The monoisotopic (exact) mass is 1110 g/mol. The van der Waals surface area contributed by atoms with Crippen molar-refractivity contribution in [3.8, 4) is 0 Å². The third-order valence-electron chi connectivity index (χ3n) is 14.7. The maximum absolute atomic E-state index is 13.6. The summed E-state index contributed by atoms with van der Waals surface area (Å²) in [4.78, 5) is 40.0. The molecule has 0 fully saturated rings. The Bertz CT molecular complexity index is 1520. The first kappa shape index (κ1) is 75.7. The Labute approximate surface area is 483 Å². The van der Waals surface area contributed by atoms with Crippen LogP contribution in [0.3, 0.4) is 0 Å². The minimum absolute atomic E-state index is 0.0246. The number of phosphoric ester groups is 1. The highest BCUT2D eigenvalue weighted by atomic mass is 31.2. The number of ether oxygens (including phenoxy) is 1. The van der Waals surface area contributed by atoms with Gasteiger partial charge in [-0.25, -0.2) is 0 Å². The number of phosphoric acid groups is 1. The van der Waals surface area contributed by atoms with Crippen LogP contribution in [0.5, 0.6) is 0 Å². The first-order valence-electron chi connectivity index (χ1n) is 33.1. The van der Waals surface area contributed by atoms with Crippen LogP contribution in [0.4, 0.5) is 0 Å². The molecule has 0 saturated heterocycles. The predicted octanol–water partition coefficient (Wildman–Crippen LogP) is 20.0. The summed E-state index contributed by atoms with van der Waals surface area (Å²) in [6, 6.07) is -0.893. The number of hydrogen-bond acceptors (Lipinski definition) is 7. The fraction of sp³-hybridized carbons (Fsp3) is 0.824. The standard InChI is InChI=1S/C68H127N2O7P/c1-7-10-13-16-19-22-25-28-30-31-32-33-34-35-36-37-38-39-41-42-45-48-51-54-57-60-67(71)69-65(64-76-78(73,74)75-63-62-70(4,5)6)66(59-56-53-50-47-44-27-24-21-18-15-12-9-3)77-68(72)61-58-55-52-49-46-43-40-29-26-23-20-17-14-11-8-2/h11,14,17,20,23,26,28,30,56,59,65-66H,7-10,12-13,15-16,18-19,21-22,24-25,27,29,31-55,57-58,60-64H2,1-6H3,(H-,69,71,73,74)/b14-11+,20-17+,26-23+,30-28+,59-56-. The van der Waals surface area contributed by atoms with Crippen molar-refractivity contribution < 1.29 is 37.3 Å². The van der Waals surface area contributed by atoms with Crippen molar-refractivity contribution >= 4 is 19.7 Å². The number of carbonyl (C=O) groups excluding carboxylic acids is 2. The molecule has 0 radical (unpaired) electrons. The third-order valence-corrected chi connectivity index (χ3v) is 15.7. The van der Waals surface area contributed by atoms with Crippen LogP contribution in [0, 0.1) is 0 Å². The smallest absolute Gasteiger partial charge is 0.306 e. The summed E-state index contributed by atoms with van der Waals surface area (Å²) < 4.78 is 30.3. The van der Waals surface area contributed by atoms with E-state index in [0.717, 1.165) is 77.0 Å². The topological polar surface area (TPSA) is 114 Å². The second-order valence-corrected chi connectivity index (χ2v) is 25.1. The van der Waals surface area contributed by atoms with E-state index in [-0.39, 0.29) is 24.9 Å². The molecule has 9 nitrogen and oxygen atoms in total. The minimum Gasteiger partial charge on any atom is -0.756 e. The van der Waals surface area contributed by atoms with Crippen molar-refractivity contribution in [3.63, 3.8) is 0 Å². The molecule has 78 heavy (non-hydrogen) atoms. The third kappa shape index (κ3) is 58.4.